The summed E-state index contributed by atoms with van der Waals surface area (Å²) in [6, 6.07) is 0. The maximum atomic E-state index is 13.7. The van der Waals surface area contributed by atoms with Crippen LogP contribution in [0.15, 0.2) is 0 Å². The molecular weight excluding hydrogens is 324 g/mol. The summed E-state index contributed by atoms with van der Waals surface area (Å²) < 4.78 is 5.93. The number of rotatable bonds is 2. The van der Waals surface area contributed by atoms with Crippen LogP contribution in [0.2, 0.25) is 0 Å². The van der Waals surface area contributed by atoms with Gasteiger partial charge in [-0.1, -0.05) is 27.7 Å². The Kier molecular flexibility index (Phi) is 5.08. The van der Waals surface area contributed by atoms with Gasteiger partial charge in [0.2, 0.25) is 0 Å². The first kappa shape index (κ1) is 19.9. The summed E-state index contributed by atoms with van der Waals surface area (Å²) in [5.74, 6) is 7.06. The number of ether oxygens (including phenoxy) is 1. The summed E-state index contributed by atoms with van der Waals surface area (Å²) in [5, 5.41) is 11.5. The zero-order valence-electron chi connectivity index (χ0n) is 17.4. The molecule has 0 heterocycles. The van der Waals surface area contributed by atoms with Gasteiger partial charge in [-0.2, -0.15) is 0 Å². The zero-order valence-corrected chi connectivity index (χ0v) is 17.4. The third-order valence-corrected chi connectivity index (χ3v) is 8.83. The van der Waals surface area contributed by atoms with Crippen molar-refractivity contribution in [3.63, 3.8) is 0 Å². The Morgan fingerprint density at radius 3 is 2.50 bits per heavy atom. The molecule has 3 aliphatic carbocycles. The maximum absolute atomic E-state index is 13.7. The SMILES string of the molecule is CC#CC[C@]1(C)C[C@@H](O)[C@@]2(C)C3C(OC)CCC3(CC[C@H]2C)[C@@H](C)C1=O. The van der Waals surface area contributed by atoms with Gasteiger partial charge in [-0.25, -0.2) is 0 Å². The molecule has 0 aromatic carbocycles. The van der Waals surface area contributed by atoms with E-state index in [-0.39, 0.29) is 28.8 Å². The van der Waals surface area contributed by atoms with Gasteiger partial charge in [-0.15, -0.1) is 11.8 Å². The summed E-state index contributed by atoms with van der Waals surface area (Å²) >= 11 is 0. The van der Waals surface area contributed by atoms with Gasteiger partial charge in [-0.3, -0.25) is 4.79 Å². The fraction of sp³-hybridized carbons (Fsp3) is 0.870. The van der Waals surface area contributed by atoms with Crippen molar-refractivity contribution in [2.75, 3.05) is 7.11 Å². The molecule has 2 bridgehead atoms. The Morgan fingerprint density at radius 2 is 1.88 bits per heavy atom. The standard InChI is InChI=1S/C23H36O3/c1-7-8-11-21(4)14-18(24)22(5)15(2)9-12-23(16(3)20(21)25)13-10-17(26-6)19(22)23/h15-19,24H,9-14H2,1-6H3/t15-,16+,17?,18-,19?,21-,22+,23?/m1/s1. The number of methoxy groups -OCH3 is 1. The van der Waals surface area contributed by atoms with Gasteiger partial charge in [0.05, 0.1) is 12.2 Å². The lowest BCUT2D eigenvalue weighted by molar-refractivity contribution is -0.191. The summed E-state index contributed by atoms with van der Waals surface area (Å²) in [6.07, 6.45) is 4.89. The molecule has 3 heteroatoms. The van der Waals surface area contributed by atoms with Crippen LogP contribution >= 0.6 is 0 Å². The predicted molar refractivity (Wildman–Crippen MR) is 103 cm³/mol. The lowest BCUT2D eigenvalue weighted by Gasteiger charge is -2.61. The van der Waals surface area contributed by atoms with E-state index in [0.717, 1.165) is 25.7 Å². The number of hydrogen-bond donors (Lipinski definition) is 1. The van der Waals surface area contributed by atoms with Gasteiger partial charge < -0.3 is 9.84 Å². The molecule has 3 aliphatic rings. The third-order valence-electron chi connectivity index (χ3n) is 8.83. The summed E-state index contributed by atoms with van der Waals surface area (Å²) in [6.45, 7) is 10.6. The van der Waals surface area contributed by atoms with E-state index in [1.165, 1.54) is 0 Å². The molecule has 0 radical (unpaired) electrons. The molecule has 3 nitrogen and oxygen atoms in total. The molecule has 1 N–H and O–H groups in total. The van der Waals surface area contributed by atoms with E-state index >= 15 is 0 Å². The van der Waals surface area contributed by atoms with E-state index in [9.17, 15) is 9.90 Å². The summed E-state index contributed by atoms with van der Waals surface area (Å²) in [7, 11) is 1.80. The van der Waals surface area contributed by atoms with Crippen LogP contribution in [-0.2, 0) is 9.53 Å². The molecule has 0 amide bonds. The fourth-order valence-electron chi connectivity index (χ4n) is 6.97. The highest BCUT2D eigenvalue weighted by Gasteiger charge is 2.67. The predicted octanol–water partition coefficient (Wildman–Crippen LogP) is 4.22. The Morgan fingerprint density at radius 1 is 1.23 bits per heavy atom. The molecule has 146 valence electrons. The highest BCUT2D eigenvalue weighted by molar-refractivity contribution is 5.88. The minimum absolute atomic E-state index is 0.00405. The monoisotopic (exact) mass is 360 g/mol. The van der Waals surface area contributed by atoms with Crippen molar-refractivity contribution in [1.29, 1.82) is 0 Å². The Hall–Kier alpha value is -0.850. The second kappa shape index (κ2) is 6.64. The van der Waals surface area contributed by atoms with Crippen LogP contribution in [0.1, 0.15) is 73.1 Å². The average molecular weight is 361 g/mol. The number of Topliss-reactive ketones (excluding diaryl/α,β-unsaturated/α-hetero) is 1. The Balaban J connectivity index is 2.16. The van der Waals surface area contributed by atoms with Crippen molar-refractivity contribution >= 4 is 5.78 Å². The highest BCUT2D eigenvalue weighted by Crippen LogP contribution is 2.68. The molecule has 0 spiro atoms. The number of hydrogen-bond acceptors (Lipinski definition) is 3. The summed E-state index contributed by atoms with van der Waals surface area (Å²) in [4.78, 5) is 13.7. The van der Waals surface area contributed by atoms with Crippen LogP contribution < -0.4 is 0 Å². The lowest BCUT2D eigenvalue weighted by atomic mass is 9.44. The quantitative estimate of drug-likeness (QED) is 0.750. The van der Waals surface area contributed by atoms with Crippen molar-refractivity contribution in [1.82, 2.24) is 0 Å². The van der Waals surface area contributed by atoms with Gasteiger partial charge >= 0.3 is 0 Å². The van der Waals surface area contributed by atoms with Gasteiger partial charge in [0.1, 0.15) is 5.78 Å². The van der Waals surface area contributed by atoms with E-state index < -0.39 is 11.5 Å². The van der Waals surface area contributed by atoms with Crippen molar-refractivity contribution in [3.8, 4) is 11.8 Å². The van der Waals surface area contributed by atoms with Crippen LogP contribution in [0.3, 0.4) is 0 Å². The van der Waals surface area contributed by atoms with Crippen LogP contribution in [0.25, 0.3) is 0 Å². The van der Waals surface area contributed by atoms with Crippen molar-refractivity contribution in [3.05, 3.63) is 0 Å². The summed E-state index contributed by atoms with van der Waals surface area (Å²) in [5.41, 5.74) is -0.824. The molecule has 3 fully saturated rings. The number of aliphatic hydroxyl groups excluding tert-OH is 1. The van der Waals surface area contributed by atoms with Gasteiger partial charge in [0.15, 0.2) is 0 Å². The molecule has 0 aliphatic heterocycles. The van der Waals surface area contributed by atoms with E-state index in [2.05, 4.69) is 32.6 Å². The van der Waals surface area contributed by atoms with Crippen molar-refractivity contribution in [2.45, 2.75) is 85.4 Å². The normalized spacial score (nSPS) is 51.0. The second-order valence-corrected chi connectivity index (χ2v) is 9.80. The van der Waals surface area contributed by atoms with Crippen molar-refractivity contribution in [2.24, 2.45) is 34.0 Å². The minimum atomic E-state index is -0.566. The van der Waals surface area contributed by atoms with E-state index in [0.29, 0.717) is 24.5 Å². The zero-order chi connectivity index (χ0) is 19.3. The molecule has 0 saturated heterocycles. The molecule has 0 aromatic heterocycles. The lowest BCUT2D eigenvalue weighted by Crippen LogP contribution is -2.62. The molecule has 26 heavy (non-hydrogen) atoms. The molecular formula is C23H36O3. The van der Waals surface area contributed by atoms with Crippen LogP contribution in [0.4, 0.5) is 0 Å². The molecule has 0 aromatic rings. The first-order valence-corrected chi connectivity index (χ1v) is 10.3. The Bertz CT molecular complexity index is 631. The topological polar surface area (TPSA) is 46.5 Å². The minimum Gasteiger partial charge on any atom is -0.393 e. The highest BCUT2D eigenvalue weighted by atomic mass is 16.5. The Labute approximate surface area is 159 Å². The van der Waals surface area contributed by atoms with Crippen LogP contribution in [-0.4, -0.2) is 30.2 Å². The molecule has 3 saturated carbocycles. The number of carbonyl (C=O) groups excluding carboxylic acids is 1. The first-order chi connectivity index (χ1) is 12.2. The number of ketones is 1. The van der Waals surface area contributed by atoms with Crippen LogP contribution in [0, 0.1) is 45.8 Å². The fourth-order valence-corrected chi connectivity index (χ4v) is 6.97. The van der Waals surface area contributed by atoms with Crippen LogP contribution in [0.5, 0.6) is 0 Å². The number of carbonyl (C=O) groups is 1. The maximum Gasteiger partial charge on any atom is 0.143 e. The number of aliphatic hydroxyl groups is 1. The molecule has 3 rings (SSSR count). The van der Waals surface area contributed by atoms with E-state index in [4.69, 9.17) is 4.74 Å². The van der Waals surface area contributed by atoms with E-state index in [1.807, 2.05) is 13.8 Å². The largest absolute Gasteiger partial charge is 0.393 e. The first-order valence-electron chi connectivity index (χ1n) is 10.3. The second-order valence-electron chi connectivity index (χ2n) is 9.80. The van der Waals surface area contributed by atoms with E-state index in [1.54, 1.807) is 7.11 Å². The average Bonchev–Trinajstić information content (AvgIpc) is 3.02. The smallest absolute Gasteiger partial charge is 0.143 e. The van der Waals surface area contributed by atoms with Gasteiger partial charge in [-0.05, 0) is 56.3 Å². The van der Waals surface area contributed by atoms with Gasteiger partial charge in [0, 0.05) is 30.3 Å². The molecule has 3 unspecified atom stereocenters. The molecule has 8 atom stereocenters. The third kappa shape index (κ3) is 2.52. The van der Waals surface area contributed by atoms with Gasteiger partial charge in [0.25, 0.3) is 0 Å². The van der Waals surface area contributed by atoms with Crippen molar-refractivity contribution < 1.29 is 14.6 Å².